The molecule has 0 unspecified atom stereocenters. The summed E-state index contributed by atoms with van der Waals surface area (Å²) in [5, 5.41) is 3.45. The van der Waals surface area contributed by atoms with Gasteiger partial charge < -0.3 is 10.2 Å². The summed E-state index contributed by atoms with van der Waals surface area (Å²) in [5.41, 5.74) is 1.64. The fourth-order valence-electron chi connectivity index (χ4n) is 3.80. The third-order valence-electron chi connectivity index (χ3n) is 6.07. The molecule has 2 amide bonds. The van der Waals surface area contributed by atoms with Crippen molar-refractivity contribution in [1.82, 2.24) is 10.2 Å². The normalized spacial score (nSPS) is 12.1. The van der Waals surface area contributed by atoms with Crippen LogP contribution in [0.15, 0.2) is 71.6 Å². The van der Waals surface area contributed by atoms with Gasteiger partial charge in [0.1, 0.15) is 12.6 Å². The van der Waals surface area contributed by atoms with Gasteiger partial charge in [-0.15, -0.1) is 0 Å². The summed E-state index contributed by atoms with van der Waals surface area (Å²) in [6, 6.07) is 16.8. The topological polar surface area (TPSA) is 86.8 Å². The lowest BCUT2D eigenvalue weighted by Gasteiger charge is -2.32. The molecule has 0 aromatic heterocycles. The van der Waals surface area contributed by atoms with Crippen molar-refractivity contribution in [3.05, 3.63) is 92.9 Å². The number of sulfonamides is 1. The van der Waals surface area contributed by atoms with Crippen LogP contribution in [0.5, 0.6) is 0 Å². The Bertz CT molecular complexity index is 1410. The van der Waals surface area contributed by atoms with Crippen LogP contribution in [0.3, 0.4) is 0 Å². The number of nitrogens with zero attached hydrogens (tertiary/aromatic N) is 2. The molecule has 0 heterocycles. The maximum Gasteiger partial charge on any atom is 0.264 e. The second-order valence-corrected chi connectivity index (χ2v) is 12.1. The van der Waals surface area contributed by atoms with Crippen LogP contribution in [0.1, 0.15) is 31.4 Å². The molecular weight excluding hydrogens is 581 g/mol. The largest absolute Gasteiger partial charge is 0.354 e. The van der Waals surface area contributed by atoms with Crippen molar-refractivity contribution in [2.24, 2.45) is 0 Å². The predicted octanol–water partition coefficient (Wildman–Crippen LogP) is 6.09. The van der Waals surface area contributed by atoms with Gasteiger partial charge in [-0.25, -0.2) is 8.42 Å². The van der Waals surface area contributed by atoms with Gasteiger partial charge in [-0.3, -0.25) is 13.9 Å². The molecule has 39 heavy (non-hydrogen) atoms. The number of halogens is 3. The maximum absolute atomic E-state index is 13.9. The van der Waals surface area contributed by atoms with E-state index in [-0.39, 0.29) is 33.1 Å². The van der Waals surface area contributed by atoms with E-state index in [1.165, 1.54) is 29.2 Å². The fourth-order valence-corrected chi connectivity index (χ4v) is 5.80. The Kier molecular flexibility index (Phi) is 10.7. The lowest BCUT2D eigenvalue weighted by molar-refractivity contribution is -0.139. The van der Waals surface area contributed by atoms with Crippen LogP contribution < -0.4 is 9.62 Å². The van der Waals surface area contributed by atoms with Gasteiger partial charge in [0.15, 0.2) is 0 Å². The number of rotatable bonds is 11. The van der Waals surface area contributed by atoms with E-state index in [1.54, 1.807) is 49.4 Å². The van der Waals surface area contributed by atoms with Crippen molar-refractivity contribution in [2.45, 2.75) is 44.7 Å². The Balaban J connectivity index is 2.05. The number of hydrogen-bond acceptors (Lipinski definition) is 4. The van der Waals surface area contributed by atoms with Crippen LogP contribution in [-0.2, 0) is 26.2 Å². The molecule has 1 atom stereocenters. The second kappa shape index (κ2) is 13.5. The average Bonchev–Trinajstić information content (AvgIpc) is 2.91. The lowest BCUT2D eigenvalue weighted by atomic mass is 10.1. The Morgan fingerprint density at radius 2 is 1.59 bits per heavy atom. The van der Waals surface area contributed by atoms with Crippen molar-refractivity contribution >= 4 is 62.3 Å². The van der Waals surface area contributed by atoms with Gasteiger partial charge in [-0.1, -0.05) is 77.6 Å². The van der Waals surface area contributed by atoms with Crippen LogP contribution in [0.2, 0.25) is 15.1 Å². The van der Waals surface area contributed by atoms with E-state index in [1.807, 2.05) is 13.8 Å². The minimum absolute atomic E-state index is 0.0133. The van der Waals surface area contributed by atoms with E-state index in [9.17, 15) is 18.0 Å². The molecule has 0 radical (unpaired) electrons. The summed E-state index contributed by atoms with van der Waals surface area (Å²) in [6.45, 7) is 5.24. The van der Waals surface area contributed by atoms with E-state index < -0.39 is 28.5 Å². The number of amides is 2. The number of hydrogen-bond donors (Lipinski definition) is 1. The van der Waals surface area contributed by atoms with E-state index in [0.29, 0.717) is 11.6 Å². The van der Waals surface area contributed by atoms with Crippen molar-refractivity contribution in [3.63, 3.8) is 0 Å². The predicted molar refractivity (Wildman–Crippen MR) is 157 cm³/mol. The van der Waals surface area contributed by atoms with Crippen LogP contribution in [0, 0.1) is 6.92 Å². The molecule has 1 N–H and O–H groups in total. The highest BCUT2D eigenvalue weighted by Crippen LogP contribution is 2.35. The molecule has 0 bridgehead atoms. The molecule has 3 aromatic rings. The average molecular weight is 611 g/mol. The molecule has 0 saturated heterocycles. The highest BCUT2D eigenvalue weighted by molar-refractivity contribution is 7.92. The van der Waals surface area contributed by atoms with Gasteiger partial charge in [-0.2, -0.15) is 0 Å². The van der Waals surface area contributed by atoms with Crippen molar-refractivity contribution < 1.29 is 18.0 Å². The number of anilines is 1. The first-order valence-corrected chi connectivity index (χ1v) is 14.9. The Morgan fingerprint density at radius 3 is 2.21 bits per heavy atom. The summed E-state index contributed by atoms with van der Waals surface area (Å²) < 4.78 is 28.7. The molecule has 11 heteroatoms. The zero-order chi connectivity index (χ0) is 28.7. The standard InChI is InChI=1S/C28H30Cl3N3O4S/c1-4-16-32-28(36)20(3)33(17-21-10-12-22(29)13-11-21)26(35)18-34(25-7-5-6-24(30)27(25)31)39(37,38)23-14-8-19(2)9-15-23/h5-15,20H,4,16-18H2,1-3H3,(H,32,36)/t20-/m0/s1. The molecule has 0 spiro atoms. The Hall–Kier alpha value is -2.78. The van der Waals surface area contributed by atoms with Gasteiger partial charge in [0.25, 0.3) is 10.0 Å². The number of nitrogens with one attached hydrogen (secondary N) is 1. The van der Waals surface area contributed by atoms with Crippen LogP contribution in [0.4, 0.5) is 5.69 Å². The van der Waals surface area contributed by atoms with Gasteiger partial charge in [0.05, 0.1) is 20.6 Å². The smallest absolute Gasteiger partial charge is 0.264 e. The number of carbonyl (C=O) groups is 2. The summed E-state index contributed by atoms with van der Waals surface area (Å²) in [6.07, 6.45) is 0.722. The summed E-state index contributed by atoms with van der Waals surface area (Å²) in [4.78, 5) is 28.1. The molecule has 3 rings (SSSR count). The molecule has 0 aliphatic heterocycles. The van der Waals surface area contributed by atoms with Crippen molar-refractivity contribution in [3.8, 4) is 0 Å². The first kappa shape index (κ1) is 30.8. The highest BCUT2D eigenvalue weighted by Gasteiger charge is 2.33. The lowest BCUT2D eigenvalue weighted by Crippen LogP contribution is -2.51. The minimum Gasteiger partial charge on any atom is -0.354 e. The molecule has 7 nitrogen and oxygen atoms in total. The first-order chi connectivity index (χ1) is 18.4. The van der Waals surface area contributed by atoms with Crippen molar-refractivity contribution in [1.29, 1.82) is 0 Å². The fraction of sp³-hybridized carbons (Fsp3) is 0.286. The molecule has 208 valence electrons. The van der Waals surface area contributed by atoms with Gasteiger partial charge >= 0.3 is 0 Å². The molecule has 0 fully saturated rings. The number of benzene rings is 3. The van der Waals surface area contributed by atoms with E-state index >= 15 is 0 Å². The van der Waals surface area contributed by atoms with E-state index in [0.717, 1.165) is 21.9 Å². The number of carbonyl (C=O) groups excluding carboxylic acids is 2. The highest BCUT2D eigenvalue weighted by atomic mass is 35.5. The SMILES string of the molecule is CCCNC(=O)[C@H](C)N(Cc1ccc(Cl)cc1)C(=O)CN(c1cccc(Cl)c1Cl)S(=O)(=O)c1ccc(C)cc1. The minimum atomic E-state index is -4.25. The summed E-state index contributed by atoms with van der Waals surface area (Å²) in [5.74, 6) is -0.955. The molecule has 0 saturated carbocycles. The Morgan fingerprint density at radius 1 is 0.949 bits per heavy atom. The zero-order valence-electron chi connectivity index (χ0n) is 21.8. The summed E-state index contributed by atoms with van der Waals surface area (Å²) in [7, 11) is -4.25. The second-order valence-electron chi connectivity index (χ2n) is 9.01. The zero-order valence-corrected chi connectivity index (χ0v) is 24.9. The third-order valence-corrected chi connectivity index (χ3v) is 8.91. The molecule has 0 aliphatic carbocycles. The van der Waals surface area contributed by atoms with Crippen LogP contribution in [-0.4, -0.2) is 44.3 Å². The maximum atomic E-state index is 13.9. The molecular formula is C28H30Cl3N3O4S. The summed E-state index contributed by atoms with van der Waals surface area (Å²) >= 11 is 18.7. The molecule has 3 aromatic carbocycles. The van der Waals surface area contributed by atoms with Crippen LogP contribution in [0.25, 0.3) is 0 Å². The van der Waals surface area contributed by atoms with Gasteiger partial charge in [0.2, 0.25) is 11.8 Å². The van der Waals surface area contributed by atoms with Gasteiger partial charge in [-0.05, 0) is 62.2 Å². The molecule has 0 aliphatic rings. The Labute approximate surface area is 244 Å². The number of aryl methyl sites for hydroxylation is 1. The van der Waals surface area contributed by atoms with Gasteiger partial charge in [0, 0.05) is 18.1 Å². The third kappa shape index (κ3) is 7.66. The first-order valence-electron chi connectivity index (χ1n) is 12.3. The monoisotopic (exact) mass is 609 g/mol. The van der Waals surface area contributed by atoms with Crippen molar-refractivity contribution in [2.75, 3.05) is 17.4 Å². The van der Waals surface area contributed by atoms with Crippen LogP contribution >= 0.6 is 34.8 Å². The quantitative estimate of drug-likeness (QED) is 0.285. The van der Waals surface area contributed by atoms with E-state index in [4.69, 9.17) is 34.8 Å². The van der Waals surface area contributed by atoms with E-state index in [2.05, 4.69) is 5.32 Å².